The van der Waals surface area contributed by atoms with Gasteiger partial charge in [0.25, 0.3) is 0 Å². The SMILES string of the molecule is CC=C[C@H]1C[C@@H]1C. The Morgan fingerprint density at radius 1 is 1.57 bits per heavy atom. The van der Waals surface area contributed by atoms with Crippen LogP contribution >= 0.6 is 0 Å². The molecular weight excluding hydrogens is 84.1 g/mol. The molecule has 1 aliphatic rings. The van der Waals surface area contributed by atoms with Crippen LogP contribution in [0.25, 0.3) is 0 Å². The first-order valence-electron chi connectivity index (χ1n) is 2.97. The molecular formula is C7H12. The fraction of sp³-hybridized carbons (Fsp3) is 0.714. The molecule has 1 rings (SSSR count). The highest BCUT2D eigenvalue weighted by atomic mass is 14.3. The van der Waals surface area contributed by atoms with Gasteiger partial charge in [0.05, 0.1) is 0 Å². The summed E-state index contributed by atoms with van der Waals surface area (Å²) in [6.45, 7) is 4.38. The van der Waals surface area contributed by atoms with Gasteiger partial charge in [-0.05, 0) is 25.2 Å². The maximum atomic E-state index is 2.30. The van der Waals surface area contributed by atoms with Crippen molar-refractivity contribution >= 4 is 0 Å². The van der Waals surface area contributed by atoms with Gasteiger partial charge in [0.15, 0.2) is 0 Å². The van der Waals surface area contributed by atoms with E-state index >= 15 is 0 Å². The van der Waals surface area contributed by atoms with Gasteiger partial charge in [-0.3, -0.25) is 0 Å². The van der Waals surface area contributed by atoms with Crippen LogP contribution in [0.3, 0.4) is 0 Å². The van der Waals surface area contributed by atoms with Crippen molar-refractivity contribution in [2.45, 2.75) is 20.3 Å². The molecule has 0 radical (unpaired) electrons. The third-order valence-corrected chi connectivity index (χ3v) is 1.61. The first-order valence-corrected chi connectivity index (χ1v) is 2.97. The molecule has 1 aliphatic carbocycles. The first-order chi connectivity index (χ1) is 3.34. The Morgan fingerprint density at radius 2 is 2.14 bits per heavy atom. The summed E-state index contributed by atoms with van der Waals surface area (Å²) in [5.41, 5.74) is 0. The van der Waals surface area contributed by atoms with Gasteiger partial charge >= 0.3 is 0 Å². The molecule has 0 bridgehead atoms. The maximum Gasteiger partial charge on any atom is -0.0205 e. The summed E-state index contributed by atoms with van der Waals surface area (Å²) in [5.74, 6) is 1.92. The van der Waals surface area contributed by atoms with Gasteiger partial charge in [-0.2, -0.15) is 0 Å². The van der Waals surface area contributed by atoms with Crippen LogP contribution in [0.1, 0.15) is 20.3 Å². The molecule has 0 unspecified atom stereocenters. The van der Waals surface area contributed by atoms with E-state index in [4.69, 9.17) is 0 Å². The average Bonchev–Trinajstić information content (AvgIpc) is 2.22. The summed E-state index contributed by atoms with van der Waals surface area (Å²) in [6, 6.07) is 0. The summed E-state index contributed by atoms with van der Waals surface area (Å²) < 4.78 is 0. The predicted molar refractivity (Wildman–Crippen MR) is 32.1 cm³/mol. The second-order valence-corrected chi connectivity index (χ2v) is 2.40. The summed E-state index contributed by atoms with van der Waals surface area (Å²) in [7, 11) is 0. The van der Waals surface area contributed by atoms with Crippen LogP contribution in [0.2, 0.25) is 0 Å². The topological polar surface area (TPSA) is 0 Å². The molecule has 0 spiro atoms. The number of hydrogen-bond donors (Lipinski definition) is 0. The molecule has 2 atom stereocenters. The molecule has 7 heavy (non-hydrogen) atoms. The molecule has 0 heterocycles. The van der Waals surface area contributed by atoms with Crippen molar-refractivity contribution < 1.29 is 0 Å². The molecule has 0 heteroatoms. The van der Waals surface area contributed by atoms with Crippen molar-refractivity contribution in [3.63, 3.8) is 0 Å². The lowest BCUT2D eigenvalue weighted by molar-refractivity contribution is 0.898. The molecule has 0 N–H and O–H groups in total. The molecule has 0 aromatic carbocycles. The van der Waals surface area contributed by atoms with E-state index < -0.39 is 0 Å². The fourth-order valence-electron chi connectivity index (χ4n) is 0.866. The number of rotatable bonds is 1. The van der Waals surface area contributed by atoms with Gasteiger partial charge in [-0.1, -0.05) is 19.1 Å². The number of hydrogen-bond acceptors (Lipinski definition) is 0. The van der Waals surface area contributed by atoms with Crippen LogP contribution in [0.15, 0.2) is 12.2 Å². The Bertz CT molecular complexity index is 82.0. The van der Waals surface area contributed by atoms with Gasteiger partial charge in [0, 0.05) is 0 Å². The second-order valence-electron chi connectivity index (χ2n) is 2.40. The zero-order valence-corrected chi connectivity index (χ0v) is 5.02. The van der Waals surface area contributed by atoms with Crippen LogP contribution in [-0.4, -0.2) is 0 Å². The standard InChI is InChI=1S/C7H12/c1-3-4-7-5-6(7)2/h3-4,6-7H,5H2,1-2H3/t6-,7-/m0/s1. The van der Waals surface area contributed by atoms with E-state index in [2.05, 4.69) is 26.0 Å². The number of allylic oxidation sites excluding steroid dienone is 2. The minimum absolute atomic E-state index is 0.935. The van der Waals surface area contributed by atoms with Gasteiger partial charge in [-0.15, -0.1) is 0 Å². The Kier molecular flexibility index (Phi) is 1.18. The molecule has 1 fully saturated rings. The average molecular weight is 96.2 g/mol. The highest BCUT2D eigenvalue weighted by molar-refractivity contribution is 4.98. The van der Waals surface area contributed by atoms with Crippen molar-refractivity contribution in [3.8, 4) is 0 Å². The Morgan fingerprint density at radius 3 is 2.29 bits per heavy atom. The van der Waals surface area contributed by atoms with Crippen LogP contribution in [-0.2, 0) is 0 Å². The van der Waals surface area contributed by atoms with Crippen LogP contribution in [0.4, 0.5) is 0 Å². The lowest BCUT2D eigenvalue weighted by atomic mass is 10.3. The summed E-state index contributed by atoms with van der Waals surface area (Å²) >= 11 is 0. The van der Waals surface area contributed by atoms with Crippen LogP contribution in [0.5, 0.6) is 0 Å². The highest BCUT2D eigenvalue weighted by Crippen LogP contribution is 2.38. The van der Waals surface area contributed by atoms with Gasteiger partial charge in [0.1, 0.15) is 0 Å². The zero-order chi connectivity index (χ0) is 5.28. The van der Waals surface area contributed by atoms with E-state index in [9.17, 15) is 0 Å². The zero-order valence-electron chi connectivity index (χ0n) is 5.02. The Balaban J connectivity index is 2.21. The normalized spacial score (nSPS) is 39.7. The molecule has 0 saturated heterocycles. The van der Waals surface area contributed by atoms with Crippen molar-refractivity contribution in [2.24, 2.45) is 11.8 Å². The molecule has 0 nitrogen and oxygen atoms in total. The van der Waals surface area contributed by atoms with Gasteiger partial charge < -0.3 is 0 Å². The lowest BCUT2D eigenvalue weighted by Gasteiger charge is -1.75. The Hall–Kier alpha value is -0.260. The monoisotopic (exact) mass is 96.1 g/mol. The minimum Gasteiger partial charge on any atom is -0.0914 e. The van der Waals surface area contributed by atoms with Gasteiger partial charge in [0.2, 0.25) is 0 Å². The predicted octanol–water partition coefficient (Wildman–Crippen LogP) is 2.22. The fourth-order valence-corrected chi connectivity index (χ4v) is 0.866. The smallest absolute Gasteiger partial charge is 0.0205 e. The van der Waals surface area contributed by atoms with E-state index in [0.29, 0.717) is 0 Å². The van der Waals surface area contributed by atoms with E-state index in [1.54, 1.807) is 0 Å². The summed E-state index contributed by atoms with van der Waals surface area (Å²) in [6.07, 6.45) is 5.86. The largest absolute Gasteiger partial charge is 0.0914 e. The maximum absolute atomic E-state index is 2.30. The molecule has 0 aliphatic heterocycles. The van der Waals surface area contributed by atoms with Gasteiger partial charge in [-0.25, -0.2) is 0 Å². The minimum atomic E-state index is 0.935. The third-order valence-electron chi connectivity index (χ3n) is 1.61. The van der Waals surface area contributed by atoms with E-state index in [1.165, 1.54) is 6.42 Å². The van der Waals surface area contributed by atoms with Crippen LogP contribution in [0, 0.1) is 11.8 Å². The second kappa shape index (κ2) is 1.69. The molecule has 0 aromatic heterocycles. The van der Waals surface area contributed by atoms with Crippen molar-refractivity contribution in [3.05, 3.63) is 12.2 Å². The third kappa shape index (κ3) is 1.05. The molecule has 0 amide bonds. The van der Waals surface area contributed by atoms with E-state index in [1.807, 2.05) is 0 Å². The van der Waals surface area contributed by atoms with Crippen molar-refractivity contribution in [2.75, 3.05) is 0 Å². The summed E-state index contributed by atoms with van der Waals surface area (Å²) in [5, 5.41) is 0. The van der Waals surface area contributed by atoms with Crippen molar-refractivity contribution in [1.29, 1.82) is 0 Å². The summed E-state index contributed by atoms with van der Waals surface area (Å²) in [4.78, 5) is 0. The lowest BCUT2D eigenvalue weighted by Crippen LogP contribution is -1.64. The molecule has 0 aromatic rings. The quantitative estimate of drug-likeness (QED) is 0.439. The first kappa shape index (κ1) is 4.89. The highest BCUT2D eigenvalue weighted by Gasteiger charge is 2.28. The molecule has 40 valence electrons. The molecule has 1 saturated carbocycles. The van der Waals surface area contributed by atoms with E-state index in [-0.39, 0.29) is 0 Å². The van der Waals surface area contributed by atoms with Crippen molar-refractivity contribution in [1.82, 2.24) is 0 Å². The van der Waals surface area contributed by atoms with E-state index in [0.717, 1.165) is 11.8 Å². The van der Waals surface area contributed by atoms with Crippen LogP contribution < -0.4 is 0 Å². The Labute approximate surface area is 45.2 Å².